The molecule has 0 aliphatic heterocycles. The predicted octanol–water partition coefficient (Wildman–Crippen LogP) is 3.74. The number of ether oxygens (including phenoxy) is 1. The van der Waals surface area contributed by atoms with Crippen LogP contribution in [0, 0.1) is 6.92 Å². The molecule has 25 heavy (non-hydrogen) atoms. The first kappa shape index (κ1) is 19.6. The highest BCUT2D eigenvalue weighted by atomic mass is 32.1. The van der Waals surface area contributed by atoms with Gasteiger partial charge in [0.25, 0.3) is 0 Å². The molecular formula is C20H27NO3S. The van der Waals surface area contributed by atoms with Crippen LogP contribution in [0.1, 0.15) is 46.3 Å². The number of rotatable bonds is 10. The fraction of sp³-hybridized carbons (Fsp3) is 0.450. The van der Waals surface area contributed by atoms with Crippen molar-refractivity contribution in [3.63, 3.8) is 0 Å². The lowest BCUT2D eigenvalue weighted by Crippen LogP contribution is -2.40. The van der Waals surface area contributed by atoms with Crippen LogP contribution in [0.25, 0.3) is 0 Å². The number of aryl methyl sites for hydroxylation is 2. The van der Waals surface area contributed by atoms with Crippen molar-refractivity contribution in [1.29, 1.82) is 0 Å². The molecule has 4 nitrogen and oxygen atoms in total. The highest BCUT2D eigenvalue weighted by Crippen LogP contribution is 2.26. The number of hydrogen-bond donors (Lipinski definition) is 2. The summed E-state index contributed by atoms with van der Waals surface area (Å²) in [5, 5.41) is 9.25. The van der Waals surface area contributed by atoms with Crippen molar-refractivity contribution in [2.24, 2.45) is 5.73 Å². The molecule has 5 heteroatoms. The van der Waals surface area contributed by atoms with Crippen LogP contribution in [-0.2, 0) is 6.42 Å². The van der Waals surface area contributed by atoms with E-state index >= 15 is 0 Å². The van der Waals surface area contributed by atoms with Gasteiger partial charge in [-0.05, 0) is 56.9 Å². The van der Waals surface area contributed by atoms with Gasteiger partial charge < -0.3 is 15.6 Å². The van der Waals surface area contributed by atoms with Crippen LogP contribution >= 0.6 is 11.3 Å². The number of thiophene rings is 1. The molecule has 0 bridgehead atoms. The maximum absolute atomic E-state index is 12.4. The van der Waals surface area contributed by atoms with Gasteiger partial charge in [-0.15, -0.1) is 11.3 Å². The van der Waals surface area contributed by atoms with Gasteiger partial charge in [0.15, 0.2) is 5.78 Å². The van der Waals surface area contributed by atoms with Crippen molar-refractivity contribution in [2.45, 2.75) is 45.1 Å². The summed E-state index contributed by atoms with van der Waals surface area (Å²) in [5.74, 6) is 0.992. The number of Topliss-reactive ketones (excluding diaryl/α,β-unsaturated/α-hetero) is 1. The first-order valence-corrected chi connectivity index (χ1v) is 9.43. The lowest BCUT2D eigenvalue weighted by molar-refractivity contribution is 0.0977. The summed E-state index contributed by atoms with van der Waals surface area (Å²) in [7, 11) is 0. The molecule has 0 spiro atoms. The van der Waals surface area contributed by atoms with E-state index in [4.69, 9.17) is 10.5 Å². The zero-order valence-corrected chi connectivity index (χ0v) is 15.8. The lowest BCUT2D eigenvalue weighted by atomic mass is 9.97. The summed E-state index contributed by atoms with van der Waals surface area (Å²) in [6.45, 7) is 4.36. The Balaban J connectivity index is 1.80. The quantitative estimate of drug-likeness (QED) is 0.499. The minimum absolute atomic E-state index is 0.0371. The number of aliphatic hydroxyl groups excluding tert-OH is 1. The van der Waals surface area contributed by atoms with E-state index in [1.165, 1.54) is 4.88 Å². The molecule has 1 aromatic carbocycles. The Hall–Kier alpha value is -1.69. The Bertz CT molecular complexity index is 680. The predicted molar refractivity (Wildman–Crippen MR) is 103 cm³/mol. The van der Waals surface area contributed by atoms with Crippen molar-refractivity contribution in [2.75, 3.05) is 13.2 Å². The molecule has 2 rings (SSSR count). The van der Waals surface area contributed by atoms with E-state index in [1.807, 2.05) is 50.2 Å². The second kappa shape index (κ2) is 9.13. The molecule has 2 aromatic rings. The van der Waals surface area contributed by atoms with Gasteiger partial charge >= 0.3 is 0 Å². The number of hydrogen-bond acceptors (Lipinski definition) is 5. The Morgan fingerprint density at radius 3 is 2.72 bits per heavy atom. The van der Waals surface area contributed by atoms with Crippen LogP contribution in [0.2, 0.25) is 0 Å². The number of carbonyl (C=O) groups excluding carboxylic acids is 1. The van der Waals surface area contributed by atoms with Gasteiger partial charge in [-0.1, -0.05) is 18.2 Å². The first-order chi connectivity index (χ1) is 11.9. The average molecular weight is 362 g/mol. The number of ketones is 1. The van der Waals surface area contributed by atoms with E-state index in [0.29, 0.717) is 25.9 Å². The molecule has 0 fully saturated rings. The Kier molecular flexibility index (Phi) is 7.17. The van der Waals surface area contributed by atoms with Gasteiger partial charge in [0.2, 0.25) is 0 Å². The highest BCUT2D eigenvalue weighted by Gasteiger charge is 2.19. The minimum atomic E-state index is -0.574. The molecule has 0 radical (unpaired) electrons. The smallest absolute Gasteiger partial charge is 0.172 e. The van der Waals surface area contributed by atoms with E-state index in [9.17, 15) is 9.90 Å². The van der Waals surface area contributed by atoms with Crippen LogP contribution in [0.4, 0.5) is 0 Å². The zero-order valence-electron chi connectivity index (χ0n) is 15.0. The molecular weight excluding hydrogens is 334 g/mol. The fourth-order valence-electron chi connectivity index (χ4n) is 2.45. The highest BCUT2D eigenvalue weighted by molar-refractivity contribution is 7.14. The molecule has 0 aliphatic carbocycles. The van der Waals surface area contributed by atoms with E-state index in [-0.39, 0.29) is 12.4 Å². The summed E-state index contributed by atoms with van der Waals surface area (Å²) in [6.07, 6.45) is 2.67. The molecule has 136 valence electrons. The van der Waals surface area contributed by atoms with Gasteiger partial charge in [0, 0.05) is 16.8 Å². The molecule has 1 unspecified atom stereocenters. The standard InChI is InChI=1S/C20H27NO3S/c1-15-13-19(25-18(15)10-11-20(2,21)14-22)17(23)9-6-12-24-16-7-4-3-5-8-16/h3-5,7-8,13,22H,6,9-12,14,21H2,1-2H3. The summed E-state index contributed by atoms with van der Waals surface area (Å²) >= 11 is 1.55. The van der Waals surface area contributed by atoms with E-state index in [0.717, 1.165) is 22.6 Å². The third-order valence-corrected chi connectivity index (χ3v) is 5.48. The fourth-order valence-corrected chi connectivity index (χ4v) is 3.59. The second-order valence-corrected chi connectivity index (χ2v) is 7.85. The Morgan fingerprint density at radius 2 is 2.04 bits per heavy atom. The monoisotopic (exact) mass is 361 g/mol. The van der Waals surface area contributed by atoms with Gasteiger partial charge in [-0.25, -0.2) is 0 Å². The lowest BCUT2D eigenvalue weighted by Gasteiger charge is -2.21. The van der Waals surface area contributed by atoms with Gasteiger partial charge in [-0.2, -0.15) is 0 Å². The number of benzene rings is 1. The molecule has 1 aromatic heterocycles. The van der Waals surface area contributed by atoms with Gasteiger partial charge in [-0.3, -0.25) is 4.79 Å². The third-order valence-electron chi connectivity index (χ3n) is 4.14. The molecule has 0 saturated carbocycles. The number of para-hydroxylation sites is 1. The van der Waals surface area contributed by atoms with Crippen molar-refractivity contribution >= 4 is 17.1 Å². The number of nitrogens with two attached hydrogens (primary N) is 1. The van der Waals surface area contributed by atoms with Crippen molar-refractivity contribution < 1.29 is 14.6 Å². The van der Waals surface area contributed by atoms with E-state index in [2.05, 4.69) is 0 Å². The maximum Gasteiger partial charge on any atom is 0.172 e. The second-order valence-electron chi connectivity index (χ2n) is 6.72. The maximum atomic E-state index is 12.4. The number of carbonyl (C=O) groups is 1. The van der Waals surface area contributed by atoms with E-state index in [1.54, 1.807) is 11.3 Å². The van der Waals surface area contributed by atoms with E-state index < -0.39 is 5.54 Å². The topological polar surface area (TPSA) is 72.5 Å². The normalized spacial score (nSPS) is 13.4. The van der Waals surface area contributed by atoms with Crippen LogP contribution < -0.4 is 10.5 Å². The summed E-state index contributed by atoms with van der Waals surface area (Å²) in [4.78, 5) is 14.3. The van der Waals surface area contributed by atoms with Crippen LogP contribution in [-0.4, -0.2) is 29.6 Å². The molecule has 0 amide bonds. The average Bonchev–Trinajstić information content (AvgIpc) is 2.99. The third kappa shape index (κ3) is 6.27. The summed E-state index contributed by atoms with van der Waals surface area (Å²) in [5.41, 5.74) is 6.54. The molecule has 1 heterocycles. The Labute approximate surface area is 153 Å². The summed E-state index contributed by atoms with van der Waals surface area (Å²) < 4.78 is 5.62. The number of aliphatic hydroxyl groups is 1. The van der Waals surface area contributed by atoms with Crippen LogP contribution in [0.15, 0.2) is 36.4 Å². The summed E-state index contributed by atoms with van der Waals surface area (Å²) in [6, 6.07) is 11.6. The SMILES string of the molecule is Cc1cc(C(=O)CCCOc2ccccc2)sc1CCC(C)(N)CO. The van der Waals surface area contributed by atoms with Gasteiger partial charge in [0.1, 0.15) is 5.75 Å². The van der Waals surface area contributed by atoms with Crippen LogP contribution in [0.3, 0.4) is 0 Å². The largest absolute Gasteiger partial charge is 0.494 e. The van der Waals surface area contributed by atoms with Crippen molar-refractivity contribution in [3.8, 4) is 5.75 Å². The first-order valence-electron chi connectivity index (χ1n) is 8.61. The van der Waals surface area contributed by atoms with Crippen LogP contribution in [0.5, 0.6) is 5.75 Å². The molecule has 0 saturated heterocycles. The molecule has 3 N–H and O–H groups in total. The van der Waals surface area contributed by atoms with Gasteiger partial charge in [0.05, 0.1) is 18.1 Å². The Morgan fingerprint density at radius 1 is 1.32 bits per heavy atom. The van der Waals surface area contributed by atoms with Crippen molar-refractivity contribution in [3.05, 3.63) is 51.7 Å². The molecule has 1 atom stereocenters. The van der Waals surface area contributed by atoms with Crippen molar-refractivity contribution in [1.82, 2.24) is 0 Å². The zero-order chi connectivity index (χ0) is 18.3. The molecule has 0 aliphatic rings. The minimum Gasteiger partial charge on any atom is -0.494 e.